The van der Waals surface area contributed by atoms with Crippen LogP contribution in [0.25, 0.3) is 0 Å². The number of benzene rings is 1. The van der Waals surface area contributed by atoms with Crippen molar-refractivity contribution in [2.75, 3.05) is 5.32 Å². The number of hydrogen-bond donors (Lipinski definition) is 1. The first-order valence-corrected chi connectivity index (χ1v) is 9.29. The van der Waals surface area contributed by atoms with Crippen LogP contribution in [0.15, 0.2) is 34.9 Å². The van der Waals surface area contributed by atoms with E-state index in [1.807, 2.05) is 0 Å². The van der Waals surface area contributed by atoms with E-state index in [0.29, 0.717) is 5.56 Å². The number of carbonyl (C=O) groups is 1. The third-order valence-electron chi connectivity index (χ3n) is 3.95. The van der Waals surface area contributed by atoms with Crippen LogP contribution in [0.1, 0.15) is 17.0 Å². The molecule has 0 spiro atoms. The predicted molar refractivity (Wildman–Crippen MR) is 101 cm³/mol. The van der Waals surface area contributed by atoms with Crippen molar-refractivity contribution in [3.8, 4) is 0 Å². The van der Waals surface area contributed by atoms with Crippen LogP contribution in [0.3, 0.4) is 0 Å². The van der Waals surface area contributed by atoms with Crippen molar-refractivity contribution >= 4 is 39.3 Å². The zero-order valence-electron chi connectivity index (χ0n) is 14.8. The number of anilines is 1. The van der Waals surface area contributed by atoms with E-state index in [1.165, 1.54) is 35.9 Å². The molecule has 0 bridgehead atoms. The van der Waals surface area contributed by atoms with Gasteiger partial charge in [-0.25, -0.2) is 4.39 Å². The molecule has 2 heterocycles. The number of amides is 1. The Balaban J connectivity index is 1.66. The number of alkyl halides is 3. The van der Waals surface area contributed by atoms with Crippen LogP contribution in [0.2, 0.25) is 5.02 Å². The average molecular weight is 495 g/mol. The van der Waals surface area contributed by atoms with E-state index in [4.69, 9.17) is 11.6 Å². The monoisotopic (exact) mass is 493 g/mol. The van der Waals surface area contributed by atoms with Gasteiger partial charge in [-0.2, -0.15) is 23.4 Å². The molecule has 0 radical (unpaired) electrons. The SMILES string of the molecule is Cc1c(Br)c(C(F)(F)F)nn1CC(=O)Nc1ccn(Cc2ccc(F)cc2Cl)n1. The number of hydrogen-bond acceptors (Lipinski definition) is 3. The smallest absolute Gasteiger partial charge is 0.308 e. The molecule has 0 aliphatic rings. The number of nitrogens with one attached hydrogen (secondary N) is 1. The molecule has 1 N–H and O–H groups in total. The maximum absolute atomic E-state index is 13.1. The van der Waals surface area contributed by atoms with Gasteiger partial charge in [0.25, 0.3) is 0 Å². The maximum Gasteiger partial charge on any atom is 0.436 e. The van der Waals surface area contributed by atoms with E-state index in [9.17, 15) is 22.4 Å². The van der Waals surface area contributed by atoms with E-state index >= 15 is 0 Å². The minimum atomic E-state index is -4.63. The highest BCUT2D eigenvalue weighted by Gasteiger charge is 2.38. The molecule has 0 saturated heterocycles. The third kappa shape index (κ3) is 4.96. The van der Waals surface area contributed by atoms with Gasteiger partial charge in [0.2, 0.25) is 5.91 Å². The number of rotatable bonds is 5. The molecule has 29 heavy (non-hydrogen) atoms. The van der Waals surface area contributed by atoms with Crippen LogP contribution < -0.4 is 5.32 Å². The van der Waals surface area contributed by atoms with Gasteiger partial charge >= 0.3 is 6.18 Å². The van der Waals surface area contributed by atoms with Crippen molar-refractivity contribution < 1.29 is 22.4 Å². The van der Waals surface area contributed by atoms with Crippen molar-refractivity contribution in [2.24, 2.45) is 0 Å². The number of nitrogens with zero attached hydrogens (tertiary/aromatic N) is 4. The summed E-state index contributed by atoms with van der Waals surface area (Å²) in [5.74, 6) is -0.851. The van der Waals surface area contributed by atoms with Gasteiger partial charge in [-0.3, -0.25) is 14.2 Å². The van der Waals surface area contributed by atoms with Crippen LogP contribution in [-0.4, -0.2) is 25.5 Å². The summed E-state index contributed by atoms with van der Waals surface area (Å²) in [5.41, 5.74) is -0.294. The van der Waals surface area contributed by atoms with Crippen LogP contribution in [0.4, 0.5) is 23.4 Å². The van der Waals surface area contributed by atoms with Gasteiger partial charge in [0.15, 0.2) is 11.5 Å². The Bertz CT molecular complexity index is 1060. The van der Waals surface area contributed by atoms with Gasteiger partial charge in [-0.15, -0.1) is 0 Å². The molecular weight excluding hydrogens is 482 g/mol. The molecule has 154 valence electrons. The number of aromatic nitrogens is 4. The number of carbonyl (C=O) groups excluding carboxylic acids is 1. The highest BCUT2D eigenvalue weighted by atomic mass is 79.9. The lowest BCUT2D eigenvalue weighted by molar-refractivity contribution is -0.142. The Kier molecular flexibility index (Phi) is 5.99. The first-order valence-electron chi connectivity index (χ1n) is 8.12. The highest BCUT2D eigenvalue weighted by Crippen LogP contribution is 2.35. The lowest BCUT2D eigenvalue weighted by Crippen LogP contribution is -2.21. The second kappa shape index (κ2) is 8.15. The second-order valence-electron chi connectivity index (χ2n) is 6.09. The molecule has 2 aromatic heterocycles. The Morgan fingerprint density at radius 2 is 2.00 bits per heavy atom. The summed E-state index contributed by atoms with van der Waals surface area (Å²) in [6.07, 6.45) is -3.06. The van der Waals surface area contributed by atoms with Gasteiger partial charge in [-0.05, 0) is 40.5 Å². The maximum atomic E-state index is 13.1. The Labute approximate surface area is 175 Å². The summed E-state index contributed by atoms with van der Waals surface area (Å²) in [7, 11) is 0. The topological polar surface area (TPSA) is 64.7 Å². The van der Waals surface area contributed by atoms with Gasteiger partial charge in [0, 0.05) is 17.3 Å². The fourth-order valence-electron chi connectivity index (χ4n) is 2.52. The van der Waals surface area contributed by atoms with Crippen LogP contribution in [-0.2, 0) is 24.1 Å². The molecule has 0 aliphatic heterocycles. The molecule has 0 atom stereocenters. The molecule has 1 aromatic carbocycles. The average Bonchev–Trinajstić information content (AvgIpc) is 3.16. The normalized spacial score (nSPS) is 11.7. The van der Waals surface area contributed by atoms with E-state index in [2.05, 4.69) is 31.4 Å². The van der Waals surface area contributed by atoms with Crippen molar-refractivity contribution in [3.05, 3.63) is 62.7 Å². The largest absolute Gasteiger partial charge is 0.436 e. The van der Waals surface area contributed by atoms with Gasteiger partial charge < -0.3 is 5.32 Å². The van der Waals surface area contributed by atoms with Crippen LogP contribution >= 0.6 is 27.5 Å². The van der Waals surface area contributed by atoms with Gasteiger partial charge in [0.1, 0.15) is 12.4 Å². The van der Waals surface area contributed by atoms with E-state index in [0.717, 1.165) is 4.68 Å². The predicted octanol–water partition coefficient (Wildman–Crippen LogP) is 4.65. The van der Waals surface area contributed by atoms with Crippen LogP contribution in [0.5, 0.6) is 0 Å². The highest BCUT2D eigenvalue weighted by molar-refractivity contribution is 9.10. The van der Waals surface area contributed by atoms with Gasteiger partial charge in [-0.1, -0.05) is 17.7 Å². The fraction of sp³-hybridized carbons (Fsp3) is 0.235. The Morgan fingerprint density at radius 3 is 2.62 bits per heavy atom. The Morgan fingerprint density at radius 1 is 1.28 bits per heavy atom. The molecule has 3 rings (SSSR count). The lowest BCUT2D eigenvalue weighted by atomic mass is 10.2. The zero-order chi connectivity index (χ0) is 21.3. The van der Waals surface area contributed by atoms with E-state index < -0.39 is 30.1 Å². The molecule has 3 aromatic rings. The van der Waals surface area contributed by atoms with Crippen molar-refractivity contribution in [1.29, 1.82) is 0 Å². The summed E-state index contributed by atoms with van der Waals surface area (Å²) in [6, 6.07) is 5.49. The Hall–Kier alpha value is -2.40. The van der Waals surface area contributed by atoms with Crippen molar-refractivity contribution in [3.63, 3.8) is 0 Å². The standard InChI is InChI=1S/C17H13BrClF4N5O/c1-9-15(18)16(17(21,22)23)26-28(9)8-14(29)24-13-4-5-27(25-13)7-10-2-3-11(20)6-12(10)19/h2-6H,7-8H2,1H3,(H,24,25,29). The molecule has 0 saturated carbocycles. The molecule has 1 amide bonds. The van der Waals surface area contributed by atoms with Crippen molar-refractivity contribution in [1.82, 2.24) is 19.6 Å². The molecule has 12 heteroatoms. The van der Waals surface area contributed by atoms with Crippen molar-refractivity contribution in [2.45, 2.75) is 26.2 Å². The summed E-state index contributed by atoms with van der Waals surface area (Å²) < 4.78 is 54.1. The zero-order valence-corrected chi connectivity index (χ0v) is 17.1. The van der Waals surface area contributed by atoms with Crippen LogP contribution in [0, 0.1) is 12.7 Å². The quantitative estimate of drug-likeness (QED) is 0.525. The summed E-state index contributed by atoms with van der Waals surface area (Å²) >= 11 is 8.83. The molecule has 6 nitrogen and oxygen atoms in total. The summed E-state index contributed by atoms with van der Waals surface area (Å²) in [6.45, 7) is 1.24. The summed E-state index contributed by atoms with van der Waals surface area (Å²) in [5, 5.41) is 10.3. The second-order valence-corrected chi connectivity index (χ2v) is 7.29. The van der Waals surface area contributed by atoms with E-state index in [-0.39, 0.29) is 27.6 Å². The minimum absolute atomic E-state index is 0.170. The van der Waals surface area contributed by atoms with Gasteiger partial charge in [0.05, 0.1) is 16.7 Å². The molecule has 0 aliphatic carbocycles. The number of halogens is 6. The molecule has 0 unspecified atom stereocenters. The summed E-state index contributed by atoms with van der Waals surface area (Å²) in [4.78, 5) is 12.2. The first-order chi connectivity index (χ1) is 13.5. The first kappa shape index (κ1) is 21.3. The third-order valence-corrected chi connectivity index (χ3v) is 5.25. The fourth-order valence-corrected chi connectivity index (χ4v) is 3.25. The molecular formula is C17H13BrClF4N5O. The lowest BCUT2D eigenvalue weighted by Gasteiger charge is -2.06. The van der Waals surface area contributed by atoms with E-state index in [1.54, 1.807) is 6.20 Å². The minimum Gasteiger partial charge on any atom is -0.308 e. The molecule has 0 fully saturated rings.